The maximum atomic E-state index is 11.0. The zero-order valence-electron chi connectivity index (χ0n) is 6.42. The van der Waals surface area contributed by atoms with E-state index in [1.54, 1.807) is 0 Å². The summed E-state index contributed by atoms with van der Waals surface area (Å²) in [6.07, 6.45) is 0.797. The maximum Gasteiger partial charge on any atom is 0.156 e. The van der Waals surface area contributed by atoms with Crippen LogP contribution in [0.2, 0.25) is 0 Å². The van der Waals surface area contributed by atoms with Crippen molar-refractivity contribution in [2.75, 3.05) is 18.6 Å². The monoisotopic (exact) mass is 164 g/mol. The molecule has 0 aliphatic carbocycles. The van der Waals surface area contributed by atoms with Crippen LogP contribution in [0.15, 0.2) is 0 Å². The average Bonchev–Trinajstić information content (AvgIpc) is 2.08. The van der Waals surface area contributed by atoms with Gasteiger partial charge in [0, 0.05) is 6.42 Å². The van der Waals surface area contributed by atoms with Gasteiger partial charge in [-0.25, -0.2) is 8.42 Å². The minimum absolute atomic E-state index is 0.0428. The molecule has 0 amide bonds. The van der Waals surface area contributed by atoms with Gasteiger partial charge >= 0.3 is 0 Å². The lowest BCUT2D eigenvalue weighted by molar-refractivity contribution is -0.694. The lowest BCUT2D eigenvalue weighted by Crippen LogP contribution is -2.93. The number of hydrogen-bond donors (Lipinski definition) is 1. The molecule has 0 spiro atoms. The molecule has 1 saturated heterocycles. The Labute approximate surface area is 61.7 Å². The summed E-state index contributed by atoms with van der Waals surface area (Å²) in [5, 5.41) is 2.00. The molecule has 0 radical (unpaired) electrons. The van der Waals surface area contributed by atoms with Crippen LogP contribution in [0, 0.1) is 0 Å². The molecule has 2 N–H and O–H groups in total. The number of sulfone groups is 1. The van der Waals surface area contributed by atoms with E-state index in [9.17, 15) is 8.42 Å². The molecule has 1 atom stereocenters. The third-order valence-corrected chi connectivity index (χ3v) is 4.16. The topological polar surface area (TPSA) is 50.8 Å². The molecule has 0 bridgehead atoms. The smallest absolute Gasteiger partial charge is 0.156 e. The van der Waals surface area contributed by atoms with Crippen molar-refractivity contribution >= 4 is 9.84 Å². The Morgan fingerprint density at radius 1 is 1.50 bits per heavy atom. The standard InChI is InChI=1S/C6H13NO2S/c1-6(7-2)3-4-10(8,9)5-6/h7H,3-5H2,1-2H3/p+1/t6-/m0/s1. The summed E-state index contributed by atoms with van der Waals surface area (Å²) in [5.41, 5.74) is -0.0428. The second-order valence-corrected chi connectivity index (χ2v) is 5.47. The third-order valence-electron chi connectivity index (χ3n) is 2.23. The quantitative estimate of drug-likeness (QED) is 0.527. The summed E-state index contributed by atoms with van der Waals surface area (Å²) < 4.78 is 22.0. The van der Waals surface area contributed by atoms with Crippen LogP contribution in [0.4, 0.5) is 0 Å². The summed E-state index contributed by atoms with van der Waals surface area (Å²) in [4.78, 5) is 0. The fraction of sp³-hybridized carbons (Fsp3) is 1.00. The molecular formula is C6H14NO2S+. The molecule has 1 aliphatic heterocycles. The molecule has 4 heteroatoms. The Morgan fingerprint density at radius 3 is 2.30 bits per heavy atom. The van der Waals surface area contributed by atoms with E-state index in [1.165, 1.54) is 0 Å². The summed E-state index contributed by atoms with van der Waals surface area (Å²) in [5.74, 6) is 0.713. The van der Waals surface area contributed by atoms with Crippen molar-refractivity contribution in [3.63, 3.8) is 0 Å². The van der Waals surface area contributed by atoms with Gasteiger partial charge < -0.3 is 5.32 Å². The first kappa shape index (κ1) is 8.01. The van der Waals surface area contributed by atoms with Crippen LogP contribution in [0.1, 0.15) is 13.3 Å². The van der Waals surface area contributed by atoms with Crippen LogP contribution in [0.3, 0.4) is 0 Å². The van der Waals surface area contributed by atoms with Crippen molar-refractivity contribution in [2.24, 2.45) is 0 Å². The van der Waals surface area contributed by atoms with E-state index >= 15 is 0 Å². The second kappa shape index (κ2) is 2.20. The van der Waals surface area contributed by atoms with E-state index in [0.717, 1.165) is 6.42 Å². The number of nitrogens with two attached hydrogens (primary N) is 1. The largest absolute Gasteiger partial charge is 0.343 e. The first-order valence-corrected chi connectivity index (χ1v) is 5.31. The first-order chi connectivity index (χ1) is 4.47. The molecule has 10 heavy (non-hydrogen) atoms. The molecule has 0 saturated carbocycles. The summed E-state index contributed by atoms with van der Waals surface area (Å²) >= 11 is 0. The number of quaternary nitrogens is 1. The molecule has 60 valence electrons. The van der Waals surface area contributed by atoms with Gasteiger partial charge in [0.1, 0.15) is 11.3 Å². The lowest BCUT2D eigenvalue weighted by Gasteiger charge is -2.15. The zero-order valence-corrected chi connectivity index (χ0v) is 7.24. The van der Waals surface area contributed by atoms with Crippen LogP contribution in [0.25, 0.3) is 0 Å². The Morgan fingerprint density at radius 2 is 2.10 bits per heavy atom. The van der Waals surface area contributed by atoms with Crippen LogP contribution in [-0.4, -0.2) is 32.5 Å². The Hall–Kier alpha value is -0.0900. The van der Waals surface area contributed by atoms with Gasteiger partial charge in [0.25, 0.3) is 0 Å². The van der Waals surface area contributed by atoms with Gasteiger partial charge in [0.15, 0.2) is 9.84 Å². The molecule has 1 rings (SSSR count). The lowest BCUT2D eigenvalue weighted by atomic mass is 10.0. The van der Waals surface area contributed by atoms with Crippen molar-refractivity contribution < 1.29 is 13.7 Å². The minimum atomic E-state index is -2.70. The molecule has 3 nitrogen and oxygen atoms in total. The summed E-state index contributed by atoms with van der Waals surface area (Å²) in [6, 6.07) is 0. The maximum absolute atomic E-state index is 11.0. The fourth-order valence-electron chi connectivity index (χ4n) is 1.26. The van der Waals surface area contributed by atoms with E-state index in [-0.39, 0.29) is 5.54 Å². The zero-order chi connectivity index (χ0) is 7.83. The van der Waals surface area contributed by atoms with Crippen LogP contribution >= 0.6 is 0 Å². The van der Waals surface area contributed by atoms with E-state index in [2.05, 4.69) is 0 Å². The minimum Gasteiger partial charge on any atom is -0.343 e. The van der Waals surface area contributed by atoms with Gasteiger partial charge in [0.2, 0.25) is 0 Å². The number of hydrogen-bond acceptors (Lipinski definition) is 2. The Bertz CT molecular complexity index is 222. The first-order valence-electron chi connectivity index (χ1n) is 3.48. The third kappa shape index (κ3) is 1.49. The highest BCUT2D eigenvalue weighted by atomic mass is 32.2. The van der Waals surface area contributed by atoms with Gasteiger partial charge in [-0.15, -0.1) is 0 Å². The van der Waals surface area contributed by atoms with Crippen LogP contribution in [0.5, 0.6) is 0 Å². The summed E-state index contributed by atoms with van der Waals surface area (Å²) in [6.45, 7) is 2.00. The Kier molecular flexibility index (Phi) is 1.76. The molecule has 0 aromatic heterocycles. The van der Waals surface area contributed by atoms with Crippen LogP contribution < -0.4 is 5.32 Å². The van der Waals surface area contributed by atoms with Gasteiger partial charge in [-0.1, -0.05) is 0 Å². The van der Waals surface area contributed by atoms with Gasteiger partial charge in [0.05, 0.1) is 12.8 Å². The van der Waals surface area contributed by atoms with Crippen molar-refractivity contribution in [3.05, 3.63) is 0 Å². The molecule has 0 aromatic carbocycles. The van der Waals surface area contributed by atoms with Crippen molar-refractivity contribution in [1.29, 1.82) is 0 Å². The van der Waals surface area contributed by atoms with E-state index < -0.39 is 9.84 Å². The van der Waals surface area contributed by atoms with Gasteiger partial charge in [-0.05, 0) is 6.92 Å². The van der Waals surface area contributed by atoms with Gasteiger partial charge in [-0.2, -0.15) is 0 Å². The molecule has 1 fully saturated rings. The normalized spacial score (nSPS) is 38.2. The molecule has 0 aromatic rings. The molecular weight excluding hydrogens is 150 g/mol. The van der Waals surface area contributed by atoms with Crippen molar-refractivity contribution in [1.82, 2.24) is 0 Å². The highest BCUT2D eigenvalue weighted by Crippen LogP contribution is 2.18. The molecule has 0 unspecified atom stereocenters. The van der Waals surface area contributed by atoms with E-state index in [4.69, 9.17) is 0 Å². The molecule has 1 heterocycles. The van der Waals surface area contributed by atoms with E-state index in [0.29, 0.717) is 11.5 Å². The van der Waals surface area contributed by atoms with Crippen molar-refractivity contribution in [3.8, 4) is 0 Å². The highest BCUT2D eigenvalue weighted by molar-refractivity contribution is 7.91. The van der Waals surface area contributed by atoms with E-state index in [1.807, 2.05) is 19.3 Å². The number of rotatable bonds is 1. The van der Waals surface area contributed by atoms with Gasteiger partial charge in [-0.3, -0.25) is 0 Å². The highest BCUT2D eigenvalue weighted by Gasteiger charge is 2.40. The fourth-order valence-corrected chi connectivity index (χ4v) is 3.50. The predicted molar refractivity (Wildman–Crippen MR) is 39.5 cm³/mol. The molecule has 1 aliphatic rings. The van der Waals surface area contributed by atoms with Crippen molar-refractivity contribution in [2.45, 2.75) is 18.9 Å². The van der Waals surface area contributed by atoms with Crippen LogP contribution in [-0.2, 0) is 9.84 Å². The Balaban J connectivity index is 2.76. The average molecular weight is 164 g/mol. The second-order valence-electron chi connectivity index (χ2n) is 3.28. The predicted octanol–water partition coefficient (Wildman–Crippen LogP) is -1.24. The summed E-state index contributed by atoms with van der Waals surface area (Å²) in [7, 11) is -0.766. The SMILES string of the molecule is C[NH2+][C@@]1(C)CCS(=O)(=O)C1.